The van der Waals surface area contributed by atoms with Crippen LogP contribution in [0.25, 0.3) is 0 Å². The number of rotatable bonds is 8. The van der Waals surface area contributed by atoms with Crippen LogP contribution in [0.1, 0.15) is 110 Å². The molecular weight excluding hydrogens is 528 g/mol. The summed E-state index contributed by atoms with van der Waals surface area (Å²) in [5, 5.41) is 0. The molecule has 0 amide bonds. The van der Waals surface area contributed by atoms with Crippen molar-refractivity contribution in [2.24, 2.45) is 0 Å². The summed E-state index contributed by atoms with van der Waals surface area (Å²) in [7, 11) is 0. The minimum atomic E-state index is -1.00. The van der Waals surface area contributed by atoms with Crippen LogP contribution >= 0.6 is 0 Å². The van der Waals surface area contributed by atoms with Crippen LogP contribution in [0.15, 0.2) is 72.8 Å². The zero-order valence-electron chi connectivity index (χ0n) is 26.4. The highest BCUT2D eigenvalue weighted by Gasteiger charge is 2.23. The molecule has 224 valence electrons. The lowest BCUT2D eigenvalue weighted by Gasteiger charge is -2.21. The van der Waals surface area contributed by atoms with Gasteiger partial charge in [-0.15, -0.1) is 0 Å². The first-order valence-electron chi connectivity index (χ1n) is 14.3. The normalized spacial score (nSPS) is 12.1. The summed E-state index contributed by atoms with van der Waals surface area (Å²) in [5.41, 5.74) is 4.19. The van der Waals surface area contributed by atoms with E-state index in [0.29, 0.717) is 16.7 Å². The molecule has 6 nitrogen and oxygen atoms in total. The summed E-state index contributed by atoms with van der Waals surface area (Å²) in [6, 6.07) is 21.6. The zero-order valence-corrected chi connectivity index (χ0v) is 26.4. The van der Waals surface area contributed by atoms with Crippen molar-refractivity contribution in [1.82, 2.24) is 0 Å². The predicted octanol–water partition coefficient (Wildman–Crippen LogP) is 7.82. The monoisotopic (exact) mass is 572 g/mol. The van der Waals surface area contributed by atoms with Crippen molar-refractivity contribution in [2.45, 2.75) is 84.7 Å². The van der Waals surface area contributed by atoms with Gasteiger partial charge in [0.15, 0.2) is 6.10 Å². The standard InChI is InChI=1S/C36H44O6/c1-34(2,3)27-16-10-24(11-17-27)31(37)40-22-30(42-33(39)26-14-20-29(21-15-26)36(7,8)9)23-41-32(38)25-12-18-28(19-13-25)35(4,5)6/h10-21,30H,22-23H2,1-9H3. The van der Waals surface area contributed by atoms with Crippen molar-refractivity contribution in [1.29, 1.82) is 0 Å². The molecule has 0 bridgehead atoms. The van der Waals surface area contributed by atoms with E-state index in [1.165, 1.54) is 0 Å². The molecule has 6 heteroatoms. The molecule has 0 fully saturated rings. The topological polar surface area (TPSA) is 78.9 Å². The minimum absolute atomic E-state index is 0.0518. The van der Waals surface area contributed by atoms with E-state index in [2.05, 4.69) is 62.3 Å². The van der Waals surface area contributed by atoms with E-state index in [4.69, 9.17) is 14.2 Å². The van der Waals surface area contributed by atoms with Gasteiger partial charge in [-0.05, 0) is 69.3 Å². The molecule has 0 saturated heterocycles. The van der Waals surface area contributed by atoms with Gasteiger partial charge in [0.05, 0.1) is 16.7 Å². The molecule has 0 aliphatic rings. The fraction of sp³-hybridized carbons (Fsp3) is 0.417. The van der Waals surface area contributed by atoms with E-state index >= 15 is 0 Å². The molecule has 0 spiro atoms. The number of ether oxygens (including phenoxy) is 3. The Labute approximate surface area is 250 Å². The molecule has 3 aromatic rings. The second-order valence-electron chi connectivity index (χ2n) is 13.7. The Hall–Kier alpha value is -3.93. The van der Waals surface area contributed by atoms with Crippen molar-refractivity contribution in [2.75, 3.05) is 13.2 Å². The molecule has 0 N–H and O–H groups in total. The van der Waals surface area contributed by atoms with Gasteiger partial charge in [0, 0.05) is 0 Å². The van der Waals surface area contributed by atoms with Crippen molar-refractivity contribution < 1.29 is 28.6 Å². The van der Waals surface area contributed by atoms with Crippen LogP contribution in [0, 0.1) is 0 Å². The van der Waals surface area contributed by atoms with Gasteiger partial charge in [-0.2, -0.15) is 0 Å². The third-order valence-corrected chi connectivity index (χ3v) is 7.03. The van der Waals surface area contributed by atoms with Crippen LogP contribution in [0.3, 0.4) is 0 Å². The van der Waals surface area contributed by atoms with Gasteiger partial charge in [-0.25, -0.2) is 14.4 Å². The van der Waals surface area contributed by atoms with Crippen LogP contribution in [-0.2, 0) is 30.5 Å². The van der Waals surface area contributed by atoms with Crippen LogP contribution in [0.5, 0.6) is 0 Å². The fourth-order valence-electron chi connectivity index (χ4n) is 4.16. The molecule has 0 aromatic heterocycles. The number of hydrogen-bond donors (Lipinski definition) is 0. The van der Waals surface area contributed by atoms with E-state index in [0.717, 1.165) is 16.7 Å². The molecule has 0 radical (unpaired) electrons. The summed E-state index contributed by atoms with van der Waals surface area (Å²) in [6.45, 7) is 18.3. The zero-order chi connectivity index (χ0) is 31.3. The van der Waals surface area contributed by atoms with E-state index in [-0.39, 0.29) is 29.5 Å². The Balaban J connectivity index is 1.71. The molecular formula is C36H44O6. The van der Waals surface area contributed by atoms with Crippen LogP contribution in [0.2, 0.25) is 0 Å². The molecule has 0 atom stereocenters. The highest BCUT2D eigenvalue weighted by Crippen LogP contribution is 2.24. The SMILES string of the molecule is CC(C)(C)c1ccc(C(=O)OCC(COC(=O)c2ccc(C(C)(C)C)cc2)OC(=O)c2ccc(C(C)(C)C)cc2)cc1. The highest BCUT2D eigenvalue weighted by molar-refractivity contribution is 5.91. The van der Waals surface area contributed by atoms with E-state index in [1.807, 2.05) is 36.4 Å². The van der Waals surface area contributed by atoms with E-state index in [1.54, 1.807) is 36.4 Å². The van der Waals surface area contributed by atoms with E-state index < -0.39 is 24.0 Å². The Morgan fingerprint density at radius 3 is 1.00 bits per heavy atom. The van der Waals surface area contributed by atoms with Gasteiger partial charge >= 0.3 is 17.9 Å². The third kappa shape index (κ3) is 9.04. The quantitative estimate of drug-likeness (QED) is 0.202. The van der Waals surface area contributed by atoms with Crippen molar-refractivity contribution in [3.05, 3.63) is 106 Å². The molecule has 0 unspecified atom stereocenters. The Kier molecular flexibility index (Phi) is 10.0. The maximum absolute atomic E-state index is 13.0. The van der Waals surface area contributed by atoms with Crippen LogP contribution < -0.4 is 0 Å². The first-order chi connectivity index (χ1) is 19.4. The molecule has 3 aromatic carbocycles. The Morgan fingerprint density at radius 2 is 0.738 bits per heavy atom. The first kappa shape index (κ1) is 32.6. The molecule has 42 heavy (non-hydrogen) atoms. The number of benzene rings is 3. The maximum Gasteiger partial charge on any atom is 0.338 e. The van der Waals surface area contributed by atoms with Crippen LogP contribution in [-0.4, -0.2) is 37.2 Å². The van der Waals surface area contributed by atoms with Gasteiger partial charge in [-0.1, -0.05) is 98.7 Å². The Morgan fingerprint density at radius 1 is 0.476 bits per heavy atom. The molecule has 0 aliphatic heterocycles. The number of esters is 3. The van der Waals surface area contributed by atoms with Gasteiger partial charge in [0.1, 0.15) is 13.2 Å². The lowest BCUT2D eigenvalue weighted by Crippen LogP contribution is -2.31. The van der Waals surface area contributed by atoms with Crippen molar-refractivity contribution in [3.63, 3.8) is 0 Å². The van der Waals surface area contributed by atoms with Crippen LogP contribution in [0.4, 0.5) is 0 Å². The summed E-state index contributed by atoms with van der Waals surface area (Å²) >= 11 is 0. The largest absolute Gasteiger partial charge is 0.458 e. The van der Waals surface area contributed by atoms with Gasteiger partial charge < -0.3 is 14.2 Å². The molecule has 0 aliphatic carbocycles. The Bertz CT molecular complexity index is 1290. The molecule has 0 heterocycles. The van der Waals surface area contributed by atoms with Crippen molar-refractivity contribution >= 4 is 17.9 Å². The lowest BCUT2D eigenvalue weighted by molar-refractivity contribution is -0.0253. The average molecular weight is 573 g/mol. The van der Waals surface area contributed by atoms with Gasteiger partial charge in [0.25, 0.3) is 0 Å². The maximum atomic E-state index is 13.0. The number of carbonyl (C=O) groups excluding carboxylic acids is 3. The predicted molar refractivity (Wildman–Crippen MR) is 165 cm³/mol. The van der Waals surface area contributed by atoms with Gasteiger partial charge in [0.2, 0.25) is 0 Å². The third-order valence-electron chi connectivity index (χ3n) is 7.03. The smallest absolute Gasteiger partial charge is 0.338 e. The average Bonchev–Trinajstić information content (AvgIpc) is 2.92. The highest BCUT2D eigenvalue weighted by atomic mass is 16.6. The number of hydrogen-bond acceptors (Lipinski definition) is 6. The second kappa shape index (κ2) is 12.9. The second-order valence-corrected chi connectivity index (χ2v) is 13.7. The van der Waals surface area contributed by atoms with Crippen molar-refractivity contribution in [3.8, 4) is 0 Å². The van der Waals surface area contributed by atoms with Gasteiger partial charge in [-0.3, -0.25) is 0 Å². The summed E-state index contributed by atoms with van der Waals surface area (Å²) in [6.07, 6.45) is -1.00. The summed E-state index contributed by atoms with van der Waals surface area (Å²) < 4.78 is 16.7. The minimum Gasteiger partial charge on any atom is -0.458 e. The first-order valence-corrected chi connectivity index (χ1v) is 14.3. The summed E-state index contributed by atoms with van der Waals surface area (Å²) in [4.78, 5) is 38.6. The molecule has 3 rings (SSSR count). The lowest BCUT2D eigenvalue weighted by atomic mass is 9.87. The molecule has 0 saturated carbocycles. The fourth-order valence-corrected chi connectivity index (χ4v) is 4.16. The summed E-state index contributed by atoms with van der Waals surface area (Å²) in [5.74, 6) is -1.72. The van der Waals surface area contributed by atoms with E-state index in [9.17, 15) is 14.4 Å². The number of carbonyl (C=O) groups is 3.